The minimum absolute atomic E-state index is 0.0863. The number of hydrogen-bond donors (Lipinski definition) is 0. The lowest BCUT2D eigenvalue weighted by Gasteiger charge is -2.17. The largest absolute Gasteiger partial charge is 0.479 e. The number of nitrogens with zero attached hydrogens (tertiary/aromatic N) is 2. The van der Waals surface area contributed by atoms with Gasteiger partial charge in [0.05, 0.1) is 10.6 Å². The number of rotatable bonds is 3. The summed E-state index contributed by atoms with van der Waals surface area (Å²) >= 11 is 12.4. The first kappa shape index (κ1) is 16.9. The summed E-state index contributed by atoms with van der Waals surface area (Å²) in [4.78, 5) is 12.6. The monoisotopic (exact) mass is 368 g/mol. The molecule has 0 aliphatic carbocycles. The van der Waals surface area contributed by atoms with Gasteiger partial charge in [-0.1, -0.05) is 29.1 Å². The third-order valence-electron chi connectivity index (χ3n) is 3.93. The molecule has 0 radical (unpaired) electrons. The quantitative estimate of drug-likeness (QED) is 0.768. The van der Waals surface area contributed by atoms with E-state index < -0.39 is 5.82 Å². The minimum atomic E-state index is -0.614. The normalized spacial score (nSPS) is 13.2. The summed E-state index contributed by atoms with van der Waals surface area (Å²) in [6.07, 6.45) is 1.83. The first-order valence-corrected chi connectivity index (χ1v) is 8.31. The van der Waals surface area contributed by atoms with Crippen molar-refractivity contribution in [2.75, 3.05) is 6.61 Å². The molecule has 3 rings (SSSR count). The van der Waals surface area contributed by atoms with Crippen LogP contribution in [0.5, 0.6) is 5.75 Å². The van der Waals surface area contributed by atoms with Crippen molar-refractivity contribution < 1.29 is 9.13 Å². The lowest BCUT2D eigenvalue weighted by atomic mass is 10.1. The minimum Gasteiger partial charge on any atom is -0.479 e. The van der Waals surface area contributed by atoms with Crippen molar-refractivity contribution in [2.45, 2.75) is 32.9 Å². The predicted octanol–water partition coefficient (Wildman–Crippen LogP) is 3.96. The van der Waals surface area contributed by atoms with Crippen LogP contribution in [0.1, 0.15) is 19.8 Å². The molecule has 0 saturated carbocycles. The fourth-order valence-corrected chi connectivity index (χ4v) is 3.33. The van der Waals surface area contributed by atoms with Crippen molar-refractivity contribution in [3.05, 3.63) is 38.5 Å². The highest BCUT2D eigenvalue weighted by molar-refractivity contribution is 6.33. The van der Waals surface area contributed by atoms with Crippen LogP contribution in [0.25, 0.3) is 11.1 Å². The number of ether oxygens (including phenoxy) is 1. The summed E-state index contributed by atoms with van der Waals surface area (Å²) in [7, 11) is 0. The van der Waals surface area contributed by atoms with Gasteiger partial charge in [-0.3, -0.25) is 9.48 Å². The molecular formula is C17H15Cl2FN2O2. The molecule has 126 valence electrons. The zero-order valence-corrected chi connectivity index (χ0v) is 14.5. The van der Waals surface area contributed by atoms with Gasteiger partial charge in [0.2, 0.25) is 0 Å². The van der Waals surface area contributed by atoms with E-state index in [0.29, 0.717) is 13.1 Å². The number of fused-ring (bicyclic) bond motifs is 1. The number of aromatic nitrogens is 2. The summed E-state index contributed by atoms with van der Waals surface area (Å²) in [5.74, 6) is 5.09. The third-order valence-corrected chi connectivity index (χ3v) is 4.61. The van der Waals surface area contributed by atoms with E-state index in [1.54, 1.807) is 16.3 Å². The van der Waals surface area contributed by atoms with Crippen LogP contribution in [0.15, 0.2) is 16.9 Å². The van der Waals surface area contributed by atoms with Gasteiger partial charge in [0.15, 0.2) is 0 Å². The molecule has 0 atom stereocenters. The molecule has 24 heavy (non-hydrogen) atoms. The molecule has 0 fully saturated rings. The van der Waals surface area contributed by atoms with E-state index in [9.17, 15) is 9.18 Å². The van der Waals surface area contributed by atoms with Crippen LogP contribution in [0.4, 0.5) is 4.39 Å². The van der Waals surface area contributed by atoms with Gasteiger partial charge < -0.3 is 4.74 Å². The highest BCUT2D eigenvalue weighted by atomic mass is 35.5. The molecule has 1 aromatic carbocycles. The Labute approximate surface area is 148 Å². The zero-order valence-electron chi connectivity index (χ0n) is 13.0. The van der Waals surface area contributed by atoms with Gasteiger partial charge in [0.1, 0.15) is 23.3 Å². The van der Waals surface area contributed by atoms with Gasteiger partial charge in [-0.05, 0) is 31.9 Å². The Morgan fingerprint density at radius 1 is 1.25 bits per heavy atom. The van der Waals surface area contributed by atoms with Crippen molar-refractivity contribution in [2.24, 2.45) is 0 Å². The molecule has 4 nitrogen and oxygen atoms in total. The molecule has 7 heteroatoms. The number of halogens is 3. The second kappa shape index (κ2) is 6.92. The molecule has 0 unspecified atom stereocenters. The second-order valence-corrected chi connectivity index (χ2v) is 6.17. The van der Waals surface area contributed by atoms with Crippen LogP contribution < -0.4 is 10.3 Å². The molecule has 1 aliphatic heterocycles. The summed E-state index contributed by atoms with van der Waals surface area (Å²) in [5, 5.41) is 0.356. The standard InChI is InChI=1S/C17H15Cl2FN2O2/c1-2-3-8-24-14-9-11(13(20)10-12(14)18)15-16(19)21-6-4-5-7-22(21)17(15)23/h9-10H,4-8H2,1H3. The maximum atomic E-state index is 14.4. The summed E-state index contributed by atoms with van der Waals surface area (Å²) < 4.78 is 23.1. The Balaban J connectivity index is 2.12. The third kappa shape index (κ3) is 2.92. The van der Waals surface area contributed by atoms with E-state index in [0.717, 1.165) is 18.9 Å². The molecule has 0 amide bonds. The maximum absolute atomic E-state index is 14.4. The Morgan fingerprint density at radius 3 is 2.62 bits per heavy atom. The lowest BCUT2D eigenvalue weighted by Crippen LogP contribution is -2.27. The lowest BCUT2D eigenvalue weighted by molar-refractivity contribution is 0.356. The molecule has 1 aromatic heterocycles. The topological polar surface area (TPSA) is 36.2 Å². The number of benzene rings is 1. The molecular weight excluding hydrogens is 354 g/mol. The van der Waals surface area contributed by atoms with Crippen LogP contribution in [-0.2, 0) is 13.1 Å². The van der Waals surface area contributed by atoms with Crippen molar-refractivity contribution in [3.63, 3.8) is 0 Å². The van der Waals surface area contributed by atoms with E-state index in [2.05, 4.69) is 11.8 Å². The van der Waals surface area contributed by atoms with Crippen LogP contribution in [-0.4, -0.2) is 16.0 Å². The predicted molar refractivity (Wildman–Crippen MR) is 92.3 cm³/mol. The van der Waals surface area contributed by atoms with Crippen LogP contribution in [0, 0.1) is 17.7 Å². The van der Waals surface area contributed by atoms with Crippen LogP contribution in [0.2, 0.25) is 10.2 Å². The van der Waals surface area contributed by atoms with Gasteiger partial charge >= 0.3 is 0 Å². The second-order valence-electron chi connectivity index (χ2n) is 5.40. The fourth-order valence-electron chi connectivity index (χ4n) is 2.77. The highest BCUT2D eigenvalue weighted by Crippen LogP contribution is 2.35. The van der Waals surface area contributed by atoms with E-state index in [1.807, 2.05) is 0 Å². The van der Waals surface area contributed by atoms with Gasteiger partial charge in [0, 0.05) is 18.7 Å². The molecule has 0 bridgehead atoms. The molecule has 0 saturated heterocycles. The van der Waals surface area contributed by atoms with E-state index in [-0.39, 0.29) is 39.2 Å². The maximum Gasteiger partial charge on any atom is 0.276 e. The van der Waals surface area contributed by atoms with Crippen molar-refractivity contribution >= 4 is 23.2 Å². The van der Waals surface area contributed by atoms with E-state index in [1.165, 1.54) is 6.07 Å². The number of hydrogen-bond acceptors (Lipinski definition) is 2. The first-order valence-electron chi connectivity index (χ1n) is 7.55. The van der Waals surface area contributed by atoms with Gasteiger partial charge in [-0.15, -0.1) is 5.92 Å². The average molecular weight is 369 g/mol. The van der Waals surface area contributed by atoms with E-state index in [4.69, 9.17) is 27.9 Å². The van der Waals surface area contributed by atoms with E-state index >= 15 is 0 Å². The van der Waals surface area contributed by atoms with Gasteiger partial charge in [-0.25, -0.2) is 9.07 Å². The molecule has 2 heterocycles. The Bertz CT molecular complexity index is 906. The SMILES string of the molecule is CC#CCOc1cc(-c2c(Cl)n3n(c2=O)CCCC3)c(F)cc1Cl. The fraction of sp³-hybridized carbons (Fsp3) is 0.353. The van der Waals surface area contributed by atoms with Crippen molar-refractivity contribution in [1.29, 1.82) is 0 Å². The smallest absolute Gasteiger partial charge is 0.276 e. The highest BCUT2D eigenvalue weighted by Gasteiger charge is 2.25. The molecule has 0 N–H and O–H groups in total. The van der Waals surface area contributed by atoms with Crippen molar-refractivity contribution in [3.8, 4) is 28.7 Å². The van der Waals surface area contributed by atoms with Gasteiger partial charge in [0.25, 0.3) is 5.56 Å². The van der Waals surface area contributed by atoms with Gasteiger partial charge in [-0.2, -0.15) is 0 Å². The van der Waals surface area contributed by atoms with Crippen LogP contribution in [0.3, 0.4) is 0 Å². The summed E-state index contributed by atoms with van der Waals surface area (Å²) in [6, 6.07) is 2.53. The Morgan fingerprint density at radius 2 is 1.96 bits per heavy atom. The summed E-state index contributed by atoms with van der Waals surface area (Å²) in [5.41, 5.74) is -0.0809. The Hall–Kier alpha value is -1.90. The van der Waals surface area contributed by atoms with Crippen molar-refractivity contribution in [1.82, 2.24) is 9.36 Å². The molecule has 1 aliphatic rings. The zero-order chi connectivity index (χ0) is 17.3. The summed E-state index contributed by atoms with van der Waals surface area (Å²) in [6.45, 7) is 3.02. The first-order chi connectivity index (χ1) is 11.5. The molecule has 0 spiro atoms. The molecule has 2 aromatic rings. The Kier molecular flexibility index (Phi) is 4.88. The van der Waals surface area contributed by atoms with Crippen LogP contribution >= 0.6 is 23.2 Å². The average Bonchev–Trinajstić information content (AvgIpc) is 2.82.